The number of nitrogens with one attached hydrogen (secondary N) is 2. The van der Waals surface area contributed by atoms with Crippen molar-refractivity contribution in [2.75, 3.05) is 6.54 Å². The number of halogens is 2. The van der Waals surface area contributed by atoms with Gasteiger partial charge >= 0.3 is 0 Å². The van der Waals surface area contributed by atoms with Crippen LogP contribution in [-0.4, -0.2) is 38.6 Å². The predicted molar refractivity (Wildman–Crippen MR) is 158 cm³/mol. The van der Waals surface area contributed by atoms with Crippen molar-refractivity contribution < 1.29 is 4.79 Å². The highest BCUT2D eigenvalue weighted by Gasteiger charge is 2.18. The molecule has 6 N–H and O–H groups in total. The molecule has 0 aliphatic rings. The summed E-state index contributed by atoms with van der Waals surface area (Å²) in [6.45, 7) is 0.817. The van der Waals surface area contributed by atoms with Gasteiger partial charge in [0.15, 0.2) is 0 Å². The average Bonchev–Trinajstić information content (AvgIpc) is 3.20. The van der Waals surface area contributed by atoms with E-state index in [1.165, 1.54) is 0 Å². The van der Waals surface area contributed by atoms with Crippen LogP contribution in [0.2, 0.25) is 0 Å². The number of aryl methyl sites for hydroxylation is 3. The second-order valence-corrected chi connectivity index (χ2v) is 8.89. The van der Waals surface area contributed by atoms with Gasteiger partial charge in [0.25, 0.3) is 5.91 Å². The van der Waals surface area contributed by atoms with Crippen LogP contribution < -0.4 is 11.5 Å². The summed E-state index contributed by atoms with van der Waals surface area (Å²) in [7, 11) is 1.99. The number of benzene rings is 3. The summed E-state index contributed by atoms with van der Waals surface area (Å²) in [6, 6.07) is 23.1. The second kappa shape index (κ2) is 13.6. The van der Waals surface area contributed by atoms with E-state index in [2.05, 4.69) is 4.57 Å². The van der Waals surface area contributed by atoms with E-state index in [-0.39, 0.29) is 42.4 Å². The Bertz CT molecular complexity index is 1400. The highest BCUT2D eigenvalue weighted by molar-refractivity contribution is 5.97. The molecule has 3 aromatic carbocycles. The molecule has 1 aromatic heterocycles. The molecule has 0 saturated heterocycles. The summed E-state index contributed by atoms with van der Waals surface area (Å²) < 4.78 is 2.06. The highest BCUT2D eigenvalue weighted by Crippen LogP contribution is 2.20. The lowest BCUT2D eigenvalue weighted by Gasteiger charge is -2.23. The summed E-state index contributed by atoms with van der Waals surface area (Å²) in [5.74, 6) is 0.940. The number of imidazole rings is 1. The molecule has 0 aliphatic carbocycles. The Kier molecular flexibility index (Phi) is 10.9. The number of nitrogen functional groups attached to an aromatic ring is 1. The number of fused-ring (bicyclic) bond motifs is 1. The van der Waals surface area contributed by atoms with E-state index in [1.54, 1.807) is 4.90 Å². The van der Waals surface area contributed by atoms with Crippen molar-refractivity contribution >= 4 is 53.4 Å². The van der Waals surface area contributed by atoms with Crippen LogP contribution in [0.5, 0.6) is 0 Å². The molecule has 1 heterocycles. The number of amidine groups is 2. The maximum atomic E-state index is 13.4. The van der Waals surface area contributed by atoms with Gasteiger partial charge in [-0.1, -0.05) is 54.6 Å². The number of aromatic nitrogens is 2. The van der Waals surface area contributed by atoms with Crippen LogP contribution in [0.1, 0.15) is 39.3 Å². The van der Waals surface area contributed by atoms with Gasteiger partial charge in [0.2, 0.25) is 0 Å². The Morgan fingerprint density at radius 2 is 1.55 bits per heavy atom. The van der Waals surface area contributed by atoms with Gasteiger partial charge in [0.1, 0.15) is 11.7 Å². The monoisotopic (exact) mass is 553 g/mol. The third-order valence-corrected chi connectivity index (χ3v) is 6.28. The molecule has 0 fully saturated rings. The minimum atomic E-state index is -0.111. The van der Waals surface area contributed by atoms with E-state index in [0.29, 0.717) is 30.6 Å². The van der Waals surface area contributed by atoms with Gasteiger partial charge in [-0.25, -0.2) is 4.98 Å². The number of hydrogen-bond acceptors (Lipinski definition) is 4. The fraction of sp³-hybridized carbons (Fsp3) is 0.214. The number of carbonyl (C=O) groups excluding carboxylic acids is 1. The van der Waals surface area contributed by atoms with Crippen molar-refractivity contribution in [1.82, 2.24) is 14.5 Å². The summed E-state index contributed by atoms with van der Waals surface area (Å²) in [4.78, 5) is 20.0. The normalized spacial score (nSPS) is 10.3. The molecule has 0 aliphatic heterocycles. The maximum Gasteiger partial charge on any atom is 0.254 e. The zero-order chi connectivity index (χ0) is 25.7. The summed E-state index contributed by atoms with van der Waals surface area (Å²) in [5.41, 5.74) is 16.3. The van der Waals surface area contributed by atoms with Crippen molar-refractivity contribution in [3.05, 3.63) is 101 Å². The highest BCUT2D eigenvalue weighted by atomic mass is 35.5. The minimum Gasteiger partial charge on any atom is -0.388 e. The molecule has 4 aromatic rings. The molecule has 0 saturated carbocycles. The molecule has 0 atom stereocenters. The molecule has 1 amide bonds. The molecule has 4 rings (SSSR count). The molecule has 0 spiro atoms. The molecule has 0 radical (unpaired) electrons. The molecular weight excluding hydrogens is 521 g/mol. The molecule has 0 bridgehead atoms. The Morgan fingerprint density at radius 3 is 2.18 bits per heavy atom. The molecule has 0 unspecified atom stereocenters. The van der Waals surface area contributed by atoms with Crippen LogP contribution in [0.25, 0.3) is 11.0 Å². The van der Waals surface area contributed by atoms with Gasteiger partial charge in [-0.3, -0.25) is 15.6 Å². The largest absolute Gasteiger partial charge is 0.388 e. The van der Waals surface area contributed by atoms with Gasteiger partial charge in [-0.2, -0.15) is 0 Å². The van der Waals surface area contributed by atoms with Crippen LogP contribution in [-0.2, 0) is 26.4 Å². The Hall–Kier alpha value is -3.88. The maximum absolute atomic E-state index is 13.4. The Morgan fingerprint density at radius 1 is 0.895 bits per heavy atom. The smallest absolute Gasteiger partial charge is 0.254 e. The first kappa shape index (κ1) is 30.3. The van der Waals surface area contributed by atoms with Gasteiger partial charge in [-0.05, 0) is 35.7 Å². The first-order valence-electron chi connectivity index (χ1n) is 11.9. The molecular formula is C28H33Cl2N7O. The lowest BCUT2D eigenvalue weighted by molar-refractivity contribution is 0.0748. The van der Waals surface area contributed by atoms with E-state index in [0.717, 1.165) is 40.8 Å². The van der Waals surface area contributed by atoms with Gasteiger partial charge in [-0.15, -0.1) is 24.8 Å². The summed E-state index contributed by atoms with van der Waals surface area (Å²) >= 11 is 0. The fourth-order valence-electron chi connectivity index (χ4n) is 4.21. The van der Waals surface area contributed by atoms with E-state index in [4.69, 9.17) is 27.3 Å². The molecule has 200 valence electrons. The molecule has 38 heavy (non-hydrogen) atoms. The number of amides is 1. The van der Waals surface area contributed by atoms with Gasteiger partial charge < -0.3 is 20.9 Å². The number of nitrogens with zero attached hydrogens (tertiary/aromatic N) is 3. The van der Waals surface area contributed by atoms with Gasteiger partial charge in [0, 0.05) is 44.1 Å². The number of hydrogen-bond donors (Lipinski definition) is 4. The quantitative estimate of drug-likeness (QED) is 0.170. The van der Waals surface area contributed by atoms with Crippen LogP contribution >= 0.6 is 24.8 Å². The van der Waals surface area contributed by atoms with Crippen LogP contribution in [0.15, 0.2) is 72.8 Å². The first-order chi connectivity index (χ1) is 17.3. The molecule has 10 heteroatoms. The van der Waals surface area contributed by atoms with Crippen LogP contribution in [0.3, 0.4) is 0 Å². The lowest BCUT2D eigenvalue weighted by atomic mass is 10.1. The number of rotatable bonds is 10. The predicted octanol–water partition coefficient (Wildman–Crippen LogP) is 4.45. The van der Waals surface area contributed by atoms with Gasteiger partial charge in [0.05, 0.1) is 16.9 Å². The van der Waals surface area contributed by atoms with Crippen molar-refractivity contribution in [1.29, 1.82) is 10.8 Å². The van der Waals surface area contributed by atoms with E-state index < -0.39 is 0 Å². The first-order valence-corrected chi connectivity index (χ1v) is 11.9. The van der Waals surface area contributed by atoms with Crippen molar-refractivity contribution in [3.8, 4) is 0 Å². The van der Waals surface area contributed by atoms with E-state index in [1.807, 2.05) is 79.8 Å². The summed E-state index contributed by atoms with van der Waals surface area (Å²) in [5, 5.41) is 15.1. The Balaban J connectivity index is 0.00000253. The van der Waals surface area contributed by atoms with Crippen molar-refractivity contribution in [2.24, 2.45) is 18.5 Å². The van der Waals surface area contributed by atoms with Crippen molar-refractivity contribution in [2.45, 2.75) is 25.8 Å². The Labute approximate surface area is 234 Å². The molecule has 8 nitrogen and oxygen atoms in total. The lowest BCUT2D eigenvalue weighted by Crippen LogP contribution is -2.33. The average molecular weight is 555 g/mol. The summed E-state index contributed by atoms with van der Waals surface area (Å²) in [6.07, 6.45) is 1.87. The second-order valence-electron chi connectivity index (χ2n) is 8.89. The number of nitrogens with two attached hydrogens (primary N) is 2. The number of carbonyl (C=O) groups is 1. The standard InChI is InChI=1S/C28H31N7O.2ClH/c1-34-24-13-12-22(28(36)35(16-15-25(29)30)18-20-5-3-2-4-6-20)17-23(24)33-26(34)14-9-19-7-10-21(11-8-19)27(31)32;;/h2-8,10-13,17H,9,14-16,18H2,1H3,(H3,29,30)(H3,31,32);2*1H. The van der Waals surface area contributed by atoms with Crippen LogP contribution in [0.4, 0.5) is 0 Å². The topological polar surface area (TPSA) is 138 Å². The van der Waals surface area contributed by atoms with Crippen molar-refractivity contribution in [3.63, 3.8) is 0 Å². The zero-order valence-electron chi connectivity index (χ0n) is 21.2. The fourth-order valence-corrected chi connectivity index (χ4v) is 4.21. The third kappa shape index (κ3) is 7.34. The SMILES string of the molecule is Cl.Cl.Cn1c(CCc2ccc(C(=N)N)cc2)nc2cc(C(=O)N(CCC(=N)N)Cc3ccccc3)ccc21. The van der Waals surface area contributed by atoms with Crippen LogP contribution in [0, 0.1) is 10.8 Å². The third-order valence-electron chi connectivity index (χ3n) is 6.28. The zero-order valence-corrected chi connectivity index (χ0v) is 22.8. The van der Waals surface area contributed by atoms with E-state index >= 15 is 0 Å². The minimum absolute atomic E-state index is 0. The van der Waals surface area contributed by atoms with E-state index in [9.17, 15) is 4.79 Å².